The Morgan fingerprint density at radius 1 is 1.10 bits per heavy atom. The highest BCUT2D eigenvalue weighted by molar-refractivity contribution is 7.84. The van der Waals surface area contributed by atoms with Gasteiger partial charge in [-0.15, -0.1) is 0 Å². The quantitative estimate of drug-likeness (QED) is 0.922. The lowest BCUT2D eigenvalue weighted by molar-refractivity contribution is -0.113. The van der Waals surface area contributed by atoms with E-state index in [-0.39, 0.29) is 11.7 Å². The Hall–Kier alpha value is -1.94. The zero-order valence-corrected chi connectivity index (χ0v) is 13.1. The molecule has 0 aliphatic carbocycles. The van der Waals surface area contributed by atoms with Crippen LogP contribution in [-0.4, -0.2) is 15.9 Å². The van der Waals surface area contributed by atoms with Crippen LogP contribution >= 0.6 is 0 Å². The molecule has 2 aromatic carbocycles. The van der Waals surface area contributed by atoms with Gasteiger partial charge in [0.05, 0.1) is 0 Å². The Morgan fingerprint density at radius 2 is 1.81 bits per heavy atom. The highest BCUT2D eigenvalue weighted by Gasteiger charge is 2.10. The minimum atomic E-state index is -1.21. The molecular formula is C17H19NO2S. The van der Waals surface area contributed by atoms with Gasteiger partial charge in [-0.05, 0) is 37.1 Å². The Labute approximate surface area is 127 Å². The molecule has 1 amide bonds. The summed E-state index contributed by atoms with van der Waals surface area (Å²) in [6.45, 7) is 4.00. The van der Waals surface area contributed by atoms with Gasteiger partial charge < -0.3 is 5.32 Å². The minimum Gasteiger partial charge on any atom is -0.325 e. The number of carbonyl (C=O) groups excluding carboxylic acids is 1. The summed E-state index contributed by atoms with van der Waals surface area (Å²) in [5.41, 5.74) is 4.02. The molecule has 0 aliphatic heterocycles. The van der Waals surface area contributed by atoms with E-state index in [2.05, 4.69) is 5.32 Å². The highest BCUT2D eigenvalue weighted by atomic mass is 32.2. The fourth-order valence-corrected chi connectivity index (χ4v) is 3.17. The Morgan fingerprint density at radius 3 is 2.52 bits per heavy atom. The van der Waals surface area contributed by atoms with E-state index in [1.165, 1.54) is 0 Å². The van der Waals surface area contributed by atoms with Gasteiger partial charge in [0.2, 0.25) is 5.91 Å². The topological polar surface area (TPSA) is 46.2 Å². The molecule has 0 saturated carbocycles. The summed E-state index contributed by atoms with van der Waals surface area (Å²) in [6, 6.07) is 15.3. The van der Waals surface area contributed by atoms with Crippen molar-refractivity contribution in [3.8, 4) is 0 Å². The third kappa shape index (κ3) is 4.83. The molecule has 21 heavy (non-hydrogen) atoms. The van der Waals surface area contributed by atoms with Crippen molar-refractivity contribution in [2.45, 2.75) is 19.6 Å². The van der Waals surface area contributed by atoms with E-state index in [0.29, 0.717) is 5.75 Å². The number of benzene rings is 2. The molecule has 1 atom stereocenters. The molecule has 110 valence electrons. The van der Waals surface area contributed by atoms with E-state index < -0.39 is 10.8 Å². The van der Waals surface area contributed by atoms with Crippen LogP contribution in [0, 0.1) is 13.8 Å². The van der Waals surface area contributed by atoms with Gasteiger partial charge in [-0.3, -0.25) is 9.00 Å². The maximum atomic E-state index is 12.1. The lowest BCUT2D eigenvalue weighted by atomic mass is 10.1. The maximum absolute atomic E-state index is 12.1. The molecule has 0 aromatic heterocycles. The first kappa shape index (κ1) is 15.4. The van der Waals surface area contributed by atoms with E-state index in [9.17, 15) is 9.00 Å². The van der Waals surface area contributed by atoms with Gasteiger partial charge in [0.15, 0.2) is 0 Å². The van der Waals surface area contributed by atoms with E-state index in [1.54, 1.807) is 0 Å². The van der Waals surface area contributed by atoms with Crippen LogP contribution in [0.25, 0.3) is 0 Å². The van der Waals surface area contributed by atoms with E-state index in [4.69, 9.17) is 0 Å². The standard InChI is InChI=1S/C17H19NO2S/c1-13-8-9-14(2)15(10-13)11-21(20)12-17(19)18-16-6-4-3-5-7-16/h3-10H,11-12H2,1-2H3,(H,18,19). The molecule has 0 heterocycles. The van der Waals surface area contributed by atoms with E-state index >= 15 is 0 Å². The second kappa shape index (κ2) is 7.18. The number of hydrogen-bond acceptors (Lipinski definition) is 2. The number of carbonyl (C=O) groups is 1. The molecule has 1 N–H and O–H groups in total. The molecule has 1 unspecified atom stereocenters. The molecule has 2 aromatic rings. The summed E-state index contributed by atoms with van der Waals surface area (Å²) >= 11 is 0. The van der Waals surface area contributed by atoms with Crippen molar-refractivity contribution < 1.29 is 9.00 Å². The average Bonchev–Trinajstić information content (AvgIpc) is 2.43. The summed E-state index contributed by atoms with van der Waals surface area (Å²) in [5, 5.41) is 2.75. The largest absolute Gasteiger partial charge is 0.325 e. The Balaban J connectivity index is 1.92. The van der Waals surface area contributed by atoms with Gasteiger partial charge in [0, 0.05) is 22.2 Å². The van der Waals surface area contributed by atoms with E-state index in [0.717, 1.165) is 22.4 Å². The van der Waals surface area contributed by atoms with Gasteiger partial charge in [-0.1, -0.05) is 42.0 Å². The van der Waals surface area contributed by atoms with Gasteiger partial charge in [-0.25, -0.2) is 0 Å². The van der Waals surface area contributed by atoms with Gasteiger partial charge in [0.25, 0.3) is 0 Å². The second-order valence-electron chi connectivity index (χ2n) is 5.07. The van der Waals surface area contributed by atoms with Crippen LogP contribution in [0.3, 0.4) is 0 Å². The highest BCUT2D eigenvalue weighted by Crippen LogP contribution is 2.13. The summed E-state index contributed by atoms with van der Waals surface area (Å²) < 4.78 is 12.1. The van der Waals surface area contributed by atoms with Gasteiger partial charge in [-0.2, -0.15) is 0 Å². The Kier molecular flexibility index (Phi) is 5.28. The lowest BCUT2D eigenvalue weighted by Crippen LogP contribution is -2.20. The molecule has 2 rings (SSSR count). The van der Waals surface area contributed by atoms with Crippen LogP contribution < -0.4 is 5.32 Å². The van der Waals surface area contributed by atoms with Crippen LogP contribution in [0.15, 0.2) is 48.5 Å². The van der Waals surface area contributed by atoms with Crippen LogP contribution in [0.1, 0.15) is 16.7 Å². The second-order valence-corrected chi connectivity index (χ2v) is 6.53. The summed E-state index contributed by atoms with van der Waals surface area (Å²) in [4.78, 5) is 11.9. The zero-order valence-electron chi connectivity index (χ0n) is 12.3. The summed E-state index contributed by atoms with van der Waals surface area (Å²) in [6.07, 6.45) is 0. The molecular weight excluding hydrogens is 282 g/mol. The Bertz CT molecular complexity index is 653. The minimum absolute atomic E-state index is 0.0161. The number of amides is 1. The number of rotatable bonds is 5. The number of hydrogen-bond donors (Lipinski definition) is 1. The van der Waals surface area contributed by atoms with Crippen molar-refractivity contribution >= 4 is 22.4 Å². The van der Waals surface area contributed by atoms with Crippen LogP contribution in [0.2, 0.25) is 0 Å². The molecule has 4 heteroatoms. The van der Waals surface area contributed by atoms with Crippen molar-refractivity contribution in [1.82, 2.24) is 0 Å². The number of anilines is 1. The maximum Gasteiger partial charge on any atom is 0.237 e. The summed E-state index contributed by atoms with van der Waals surface area (Å²) in [5.74, 6) is 0.211. The molecule has 0 bridgehead atoms. The lowest BCUT2D eigenvalue weighted by Gasteiger charge is -2.08. The molecule has 0 saturated heterocycles. The van der Waals surface area contributed by atoms with Crippen LogP contribution in [-0.2, 0) is 21.3 Å². The SMILES string of the molecule is Cc1ccc(C)c(CS(=O)CC(=O)Nc2ccccc2)c1. The van der Waals surface area contributed by atoms with Gasteiger partial charge >= 0.3 is 0 Å². The predicted molar refractivity (Wildman–Crippen MR) is 87.7 cm³/mol. The normalized spacial score (nSPS) is 11.9. The van der Waals surface area contributed by atoms with Crippen LogP contribution in [0.4, 0.5) is 5.69 Å². The number of para-hydroxylation sites is 1. The molecule has 3 nitrogen and oxygen atoms in total. The van der Waals surface area contributed by atoms with Crippen LogP contribution in [0.5, 0.6) is 0 Å². The first-order valence-electron chi connectivity index (χ1n) is 6.80. The smallest absolute Gasteiger partial charge is 0.237 e. The molecule has 0 radical (unpaired) electrons. The fraction of sp³-hybridized carbons (Fsp3) is 0.235. The molecule has 0 fully saturated rings. The fourth-order valence-electron chi connectivity index (χ4n) is 2.05. The first-order valence-corrected chi connectivity index (χ1v) is 8.29. The number of aryl methyl sites for hydroxylation is 2. The van der Waals surface area contributed by atoms with Gasteiger partial charge in [0.1, 0.15) is 5.75 Å². The zero-order chi connectivity index (χ0) is 15.2. The average molecular weight is 301 g/mol. The third-order valence-electron chi connectivity index (χ3n) is 3.17. The third-order valence-corrected chi connectivity index (χ3v) is 4.39. The van der Waals surface area contributed by atoms with E-state index in [1.807, 2.05) is 62.4 Å². The first-order chi connectivity index (χ1) is 10.0. The predicted octanol–water partition coefficient (Wildman–Crippen LogP) is 3.19. The summed E-state index contributed by atoms with van der Waals surface area (Å²) in [7, 11) is -1.21. The molecule has 0 spiro atoms. The molecule has 0 aliphatic rings. The monoisotopic (exact) mass is 301 g/mol. The van der Waals surface area contributed by atoms with Crippen molar-refractivity contribution in [1.29, 1.82) is 0 Å². The van der Waals surface area contributed by atoms with Crippen molar-refractivity contribution in [3.63, 3.8) is 0 Å². The van der Waals surface area contributed by atoms with Crippen molar-refractivity contribution in [3.05, 3.63) is 65.2 Å². The van der Waals surface area contributed by atoms with Crippen molar-refractivity contribution in [2.24, 2.45) is 0 Å². The number of nitrogens with one attached hydrogen (secondary N) is 1. The van der Waals surface area contributed by atoms with Crippen molar-refractivity contribution in [2.75, 3.05) is 11.1 Å².